The second-order valence-corrected chi connectivity index (χ2v) is 5.46. The van der Waals surface area contributed by atoms with Crippen molar-refractivity contribution in [2.75, 3.05) is 7.05 Å². The number of carbonyl (C=O) groups excluding carboxylic acids is 1. The number of fused-ring (bicyclic) bond motifs is 1. The highest BCUT2D eigenvalue weighted by Crippen LogP contribution is 2.29. The zero-order valence-electron chi connectivity index (χ0n) is 9.53. The summed E-state index contributed by atoms with van der Waals surface area (Å²) in [6, 6.07) is 6.38. The van der Waals surface area contributed by atoms with E-state index in [0.29, 0.717) is 6.04 Å². The summed E-state index contributed by atoms with van der Waals surface area (Å²) in [7, 11) is 1.89. The van der Waals surface area contributed by atoms with Gasteiger partial charge in [-0.1, -0.05) is 15.9 Å². The van der Waals surface area contributed by atoms with Gasteiger partial charge in [0.05, 0.1) is 5.56 Å². The molecule has 3 rings (SSSR count). The SMILES string of the molecule is CN(C(=O)c1c[nH]c2ccc(Br)cc12)C1CC1. The Balaban J connectivity index is 2.04. The summed E-state index contributed by atoms with van der Waals surface area (Å²) in [5, 5.41) is 0.983. The summed E-state index contributed by atoms with van der Waals surface area (Å²) in [6.07, 6.45) is 4.07. The highest BCUT2D eigenvalue weighted by atomic mass is 79.9. The summed E-state index contributed by atoms with van der Waals surface area (Å²) < 4.78 is 0.993. The molecule has 0 aliphatic heterocycles. The summed E-state index contributed by atoms with van der Waals surface area (Å²) in [5.41, 5.74) is 1.76. The van der Waals surface area contributed by atoms with Crippen LogP contribution in [0.3, 0.4) is 0 Å². The highest BCUT2D eigenvalue weighted by molar-refractivity contribution is 9.10. The van der Waals surface area contributed by atoms with Gasteiger partial charge >= 0.3 is 0 Å². The van der Waals surface area contributed by atoms with Crippen molar-refractivity contribution >= 4 is 32.7 Å². The van der Waals surface area contributed by atoms with Crippen LogP contribution in [0.1, 0.15) is 23.2 Å². The van der Waals surface area contributed by atoms with Crippen LogP contribution in [0.15, 0.2) is 28.9 Å². The molecule has 88 valence electrons. The average Bonchev–Trinajstić information content (AvgIpc) is 3.08. The maximum absolute atomic E-state index is 12.3. The quantitative estimate of drug-likeness (QED) is 0.907. The lowest BCUT2D eigenvalue weighted by atomic mass is 10.1. The van der Waals surface area contributed by atoms with E-state index in [9.17, 15) is 4.79 Å². The minimum atomic E-state index is 0.108. The van der Waals surface area contributed by atoms with Crippen molar-refractivity contribution in [2.24, 2.45) is 0 Å². The maximum atomic E-state index is 12.3. The summed E-state index contributed by atoms with van der Waals surface area (Å²) >= 11 is 3.44. The monoisotopic (exact) mass is 292 g/mol. The smallest absolute Gasteiger partial charge is 0.256 e. The van der Waals surface area contributed by atoms with Gasteiger partial charge in [-0.3, -0.25) is 4.79 Å². The van der Waals surface area contributed by atoms with E-state index < -0.39 is 0 Å². The van der Waals surface area contributed by atoms with Gasteiger partial charge in [0.2, 0.25) is 0 Å². The number of carbonyl (C=O) groups is 1. The van der Waals surface area contributed by atoms with Crippen LogP contribution >= 0.6 is 15.9 Å². The van der Waals surface area contributed by atoms with Crippen molar-refractivity contribution in [3.63, 3.8) is 0 Å². The van der Waals surface area contributed by atoms with E-state index >= 15 is 0 Å². The fourth-order valence-electron chi connectivity index (χ4n) is 2.09. The molecule has 0 radical (unpaired) electrons. The number of amides is 1. The Labute approximate surface area is 108 Å². The number of H-pyrrole nitrogens is 1. The van der Waals surface area contributed by atoms with E-state index in [2.05, 4.69) is 20.9 Å². The molecule has 1 aliphatic rings. The van der Waals surface area contributed by atoms with Crippen LogP contribution < -0.4 is 0 Å². The van der Waals surface area contributed by atoms with E-state index in [1.54, 1.807) is 6.20 Å². The van der Waals surface area contributed by atoms with Crippen LogP contribution in [0.4, 0.5) is 0 Å². The predicted octanol–water partition coefficient (Wildman–Crippen LogP) is 3.16. The summed E-state index contributed by atoms with van der Waals surface area (Å²) in [6.45, 7) is 0. The molecule has 1 fully saturated rings. The third-order valence-corrected chi connectivity index (χ3v) is 3.78. The van der Waals surface area contributed by atoms with Gasteiger partial charge < -0.3 is 9.88 Å². The van der Waals surface area contributed by atoms with Crippen LogP contribution in [-0.4, -0.2) is 28.9 Å². The molecule has 1 aromatic heterocycles. The Hall–Kier alpha value is -1.29. The van der Waals surface area contributed by atoms with E-state index in [4.69, 9.17) is 0 Å². The molecule has 17 heavy (non-hydrogen) atoms. The van der Waals surface area contributed by atoms with E-state index in [1.807, 2.05) is 30.1 Å². The zero-order valence-corrected chi connectivity index (χ0v) is 11.1. The maximum Gasteiger partial charge on any atom is 0.256 e. The second kappa shape index (κ2) is 3.88. The molecule has 3 nitrogen and oxygen atoms in total. The molecule has 1 saturated carbocycles. The van der Waals surface area contributed by atoms with Crippen molar-refractivity contribution < 1.29 is 4.79 Å². The Morgan fingerprint density at radius 3 is 2.94 bits per heavy atom. The molecule has 1 N–H and O–H groups in total. The second-order valence-electron chi connectivity index (χ2n) is 4.54. The summed E-state index contributed by atoms with van der Waals surface area (Å²) in [5.74, 6) is 0.108. The first-order valence-corrected chi connectivity index (χ1v) is 6.50. The van der Waals surface area contributed by atoms with Gasteiger partial charge in [-0.25, -0.2) is 0 Å². The Bertz CT molecular complexity index is 586. The van der Waals surface area contributed by atoms with Crippen LogP contribution in [0.25, 0.3) is 10.9 Å². The molecule has 1 aromatic carbocycles. The number of aromatic amines is 1. The van der Waals surface area contributed by atoms with Crippen molar-refractivity contribution in [3.05, 3.63) is 34.4 Å². The Morgan fingerprint density at radius 1 is 1.47 bits per heavy atom. The lowest BCUT2D eigenvalue weighted by Gasteiger charge is -2.15. The number of hydrogen-bond acceptors (Lipinski definition) is 1. The van der Waals surface area contributed by atoms with Crippen LogP contribution in [-0.2, 0) is 0 Å². The molecule has 0 bridgehead atoms. The third kappa shape index (κ3) is 1.86. The average molecular weight is 293 g/mol. The minimum absolute atomic E-state index is 0.108. The molecule has 0 spiro atoms. The molecule has 0 unspecified atom stereocenters. The van der Waals surface area contributed by atoms with Crippen LogP contribution in [0.2, 0.25) is 0 Å². The van der Waals surface area contributed by atoms with Crippen LogP contribution in [0, 0.1) is 0 Å². The normalized spacial score (nSPS) is 15.2. The number of rotatable bonds is 2. The molecule has 0 atom stereocenters. The molecular weight excluding hydrogens is 280 g/mol. The van der Waals surface area contributed by atoms with Crippen LogP contribution in [0.5, 0.6) is 0 Å². The number of aromatic nitrogens is 1. The van der Waals surface area contributed by atoms with Crippen molar-refractivity contribution in [1.82, 2.24) is 9.88 Å². The number of nitrogens with one attached hydrogen (secondary N) is 1. The first-order valence-electron chi connectivity index (χ1n) is 5.70. The first kappa shape index (κ1) is 10.8. The molecule has 1 amide bonds. The van der Waals surface area contributed by atoms with Crippen molar-refractivity contribution in [1.29, 1.82) is 0 Å². The lowest BCUT2D eigenvalue weighted by molar-refractivity contribution is 0.0787. The van der Waals surface area contributed by atoms with E-state index in [-0.39, 0.29) is 5.91 Å². The largest absolute Gasteiger partial charge is 0.360 e. The lowest BCUT2D eigenvalue weighted by Crippen LogP contribution is -2.28. The number of benzene rings is 1. The fraction of sp³-hybridized carbons (Fsp3) is 0.308. The molecule has 1 aliphatic carbocycles. The summed E-state index contributed by atoms with van der Waals surface area (Å²) in [4.78, 5) is 17.3. The van der Waals surface area contributed by atoms with E-state index in [1.165, 1.54) is 0 Å². The topological polar surface area (TPSA) is 36.1 Å². The highest BCUT2D eigenvalue weighted by Gasteiger charge is 2.30. The van der Waals surface area contributed by atoms with Gasteiger partial charge in [0.1, 0.15) is 0 Å². The Morgan fingerprint density at radius 2 is 2.24 bits per heavy atom. The standard InChI is InChI=1S/C13H13BrN2O/c1-16(9-3-4-9)13(17)11-7-15-12-5-2-8(14)6-10(11)12/h2,5-7,9,15H,3-4H2,1H3. The van der Waals surface area contributed by atoms with Gasteiger partial charge in [-0.15, -0.1) is 0 Å². The minimum Gasteiger partial charge on any atom is -0.360 e. The number of halogens is 1. The van der Waals surface area contributed by atoms with Gasteiger partial charge in [0.25, 0.3) is 5.91 Å². The first-order chi connectivity index (χ1) is 8.16. The van der Waals surface area contributed by atoms with Crippen molar-refractivity contribution in [2.45, 2.75) is 18.9 Å². The number of hydrogen-bond donors (Lipinski definition) is 1. The van der Waals surface area contributed by atoms with Gasteiger partial charge in [-0.05, 0) is 31.0 Å². The zero-order chi connectivity index (χ0) is 12.0. The molecular formula is C13H13BrN2O. The van der Waals surface area contributed by atoms with Gasteiger partial charge in [0, 0.05) is 34.7 Å². The van der Waals surface area contributed by atoms with E-state index in [0.717, 1.165) is 33.8 Å². The van der Waals surface area contributed by atoms with Gasteiger partial charge in [-0.2, -0.15) is 0 Å². The van der Waals surface area contributed by atoms with Crippen molar-refractivity contribution in [3.8, 4) is 0 Å². The molecule has 2 aromatic rings. The van der Waals surface area contributed by atoms with Gasteiger partial charge in [0.15, 0.2) is 0 Å². The third-order valence-electron chi connectivity index (χ3n) is 3.29. The predicted molar refractivity (Wildman–Crippen MR) is 71.1 cm³/mol. The molecule has 0 saturated heterocycles. The molecule has 4 heteroatoms. The fourth-order valence-corrected chi connectivity index (χ4v) is 2.45. The number of nitrogens with zero attached hydrogens (tertiary/aromatic N) is 1. The Kier molecular flexibility index (Phi) is 2.47. The molecule has 1 heterocycles.